The van der Waals surface area contributed by atoms with E-state index in [1.165, 1.54) is 28.0 Å². The topological polar surface area (TPSA) is 89.6 Å². The molecule has 4 rings (SSSR count). The molecule has 0 saturated heterocycles. The van der Waals surface area contributed by atoms with Crippen LogP contribution in [0.2, 0.25) is 0 Å². The maximum Gasteiger partial charge on any atom is 0.235 e. The van der Waals surface area contributed by atoms with E-state index in [-0.39, 0.29) is 11.7 Å². The Hall–Kier alpha value is -2.87. The maximum absolute atomic E-state index is 12.5. The molecule has 0 spiro atoms. The molecule has 0 fully saturated rings. The van der Waals surface area contributed by atoms with E-state index in [1.807, 2.05) is 31.2 Å². The summed E-state index contributed by atoms with van der Waals surface area (Å²) >= 11 is 2.76. The standard InChI is InChI=1S/C22H18N4OS2/c1-13-6-7-18-14(8-13)9-15(10-23)21(25-18)28-12-20(27)26-22-17(11-24)16-4-2-3-5-19(16)29-22/h6-9H,2-5,12H2,1H3,(H,26,27). The summed E-state index contributed by atoms with van der Waals surface area (Å²) < 4.78 is 0. The summed E-state index contributed by atoms with van der Waals surface area (Å²) in [5.74, 6) is -0.0632. The summed E-state index contributed by atoms with van der Waals surface area (Å²) in [6, 6.07) is 12.1. The molecule has 2 heterocycles. The van der Waals surface area contributed by atoms with Gasteiger partial charge in [0.25, 0.3) is 0 Å². The molecule has 1 aliphatic carbocycles. The van der Waals surface area contributed by atoms with Crippen molar-refractivity contribution in [3.63, 3.8) is 0 Å². The van der Waals surface area contributed by atoms with Crippen molar-refractivity contribution in [2.75, 3.05) is 11.1 Å². The van der Waals surface area contributed by atoms with Crippen LogP contribution >= 0.6 is 23.1 Å². The monoisotopic (exact) mass is 418 g/mol. The number of fused-ring (bicyclic) bond motifs is 2. The molecule has 0 atom stereocenters. The second-order valence-electron chi connectivity index (χ2n) is 7.01. The average molecular weight is 419 g/mol. The van der Waals surface area contributed by atoms with E-state index >= 15 is 0 Å². The lowest BCUT2D eigenvalue weighted by atomic mass is 9.96. The molecule has 0 unspecified atom stereocenters. The van der Waals surface area contributed by atoms with Crippen molar-refractivity contribution >= 4 is 44.9 Å². The number of carbonyl (C=O) groups is 1. The Labute approximate surface area is 177 Å². The zero-order valence-electron chi connectivity index (χ0n) is 15.9. The van der Waals surface area contributed by atoms with Gasteiger partial charge in [0.15, 0.2) is 0 Å². The van der Waals surface area contributed by atoms with Gasteiger partial charge >= 0.3 is 0 Å². The number of nitrogens with one attached hydrogen (secondary N) is 1. The van der Waals surface area contributed by atoms with Crippen LogP contribution in [0.5, 0.6) is 0 Å². The first-order chi connectivity index (χ1) is 14.1. The van der Waals surface area contributed by atoms with Crippen LogP contribution in [0.4, 0.5) is 5.00 Å². The second kappa shape index (κ2) is 8.24. The molecule has 1 aromatic carbocycles. The number of thioether (sulfide) groups is 1. The number of anilines is 1. The highest BCUT2D eigenvalue weighted by Gasteiger charge is 2.22. The lowest BCUT2D eigenvalue weighted by Crippen LogP contribution is -2.14. The van der Waals surface area contributed by atoms with Crippen molar-refractivity contribution in [3.8, 4) is 12.1 Å². The van der Waals surface area contributed by atoms with Gasteiger partial charge in [-0.3, -0.25) is 4.79 Å². The largest absolute Gasteiger partial charge is 0.316 e. The van der Waals surface area contributed by atoms with Gasteiger partial charge in [0.1, 0.15) is 22.2 Å². The number of benzene rings is 1. The molecule has 29 heavy (non-hydrogen) atoms. The molecule has 1 N–H and O–H groups in total. The van der Waals surface area contributed by atoms with E-state index in [0.717, 1.165) is 47.7 Å². The number of thiophene rings is 1. The molecule has 144 valence electrons. The predicted molar refractivity (Wildman–Crippen MR) is 116 cm³/mol. The number of hydrogen-bond acceptors (Lipinski definition) is 6. The van der Waals surface area contributed by atoms with Gasteiger partial charge in [-0.15, -0.1) is 11.3 Å². The molecule has 5 nitrogen and oxygen atoms in total. The highest BCUT2D eigenvalue weighted by Crippen LogP contribution is 2.37. The van der Waals surface area contributed by atoms with Crippen LogP contribution < -0.4 is 5.32 Å². The first kappa shape index (κ1) is 19.4. The Balaban J connectivity index is 1.51. The molecule has 0 bridgehead atoms. The number of nitriles is 2. The third-order valence-corrected chi connectivity index (χ3v) is 7.13. The van der Waals surface area contributed by atoms with Crippen molar-refractivity contribution in [2.24, 2.45) is 0 Å². The highest BCUT2D eigenvalue weighted by atomic mass is 32.2. The zero-order chi connectivity index (χ0) is 20.4. The van der Waals surface area contributed by atoms with Gasteiger partial charge < -0.3 is 5.32 Å². The van der Waals surface area contributed by atoms with Crippen molar-refractivity contribution < 1.29 is 4.79 Å². The molecule has 0 saturated carbocycles. The third-order valence-electron chi connectivity index (χ3n) is 4.93. The van der Waals surface area contributed by atoms with Crippen molar-refractivity contribution in [1.82, 2.24) is 4.98 Å². The Kier molecular flexibility index (Phi) is 5.53. The quantitative estimate of drug-likeness (QED) is 0.605. The molecule has 0 radical (unpaired) electrons. The van der Waals surface area contributed by atoms with Crippen LogP contribution in [0.3, 0.4) is 0 Å². The van der Waals surface area contributed by atoms with Crippen molar-refractivity contribution in [3.05, 3.63) is 51.4 Å². The molecule has 2 aromatic heterocycles. The minimum atomic E-state index is -0.195. The molecular weight excluding hydrogens is 400 g/mol. The van der Waals surface area contributed by atoms with Gasteiger partial charge in [0.05, 0.1) is 22.4 Å². The number of hydrogen-bond donors (Lipinski definition) is 1. The van der Waals surface area contributed by atoms with Gasteiger partial charge in [-0.2, -0.15) is 10.5 Å². The number of nitrogens with zero attached hydrogens (tertiary/aromatic N) is 3. The van der Waals surface area contributed by atoms with Crippen molar-refractivity contribution in [2.45, 2.75) is 37.6 Å². The van der Waals surface area contributed by atoms with Crippen LogP contribution in [-0.2, 0) is 17.6 Å². The molecule has 1 amide bonds. The number of rotatable bonds is 4. The molecular formula is C22H18N4OS2. The Morgan fingerprint density at radius 2 is 2.07 bits per heavy atom. The summed E-state index contributed by atoms with van der Waals surface area (Å²) in [6.07, 6.45) is 4.11. The van der Waals surface area contributed by atoms with Gasteiger partial charge in [-0.05, 0) is 56.4 Å². The van der Waals surface area contributed by atoms with E-state index in [1.54, 1.807) is 0 Å². The van der Waals surface area contributed by atoms with Gasteiger partial charge in [0, 0.05) is 10.3 Å². The number of amides is 1. The Bertz CT molecular complexity index is 1200. The minimum absolute atomic E-state index is 0.131. The molecule has 7 heteroatoms. The smallest absolute Gasteiger partial charge is 0.235 e. The highest BCUT2D eigenvalue weighted by molar-refractivity contribution is 8.00. The predicted octanol–water partition coefficient (Wildman–Crippen LogP) is 4.96. The summed E-state index contributed by atoms with van der Waals surface area (Å²) in [7, 11) is 0. The molecule has 1 aliphatic rings. The van der Waals surface area contributed by atoms with E-state index in [2.05, 4.69) is 22.4 Å². The van der Waals surface area contributed by atoms with E-state index in [9.17, 15) is 15.3 Å². The van der Waals surface area contributed by atoms with E-state index < -0.39 is 0 Å². The Morgan fingerprint density at radius 1 is 1.24 bits per heavy atom. The SMILES string of the molecule is Cc1ccc2nc(SCC(=O)Nc3sc4c(c3C#N)CCCC4)c(C#N)cc2c1. The number of aryl methyl sites for hydroxylation is 2. The lowest BCUT2D eigenvalue weighted by Gasteiger charge is -2.09. The number of pyridine rings is 1. The van der Waals surface area contributed by atoms with Crippen LogP contribution in [0.25, 0.3) is 10.9 Å². The fraction of sp³-hybridized carbons (Fsp3) is 0.273. The van der Waals surface area contributed by atoms with Crippen LogP contribution in [-0.4, -0.2) is 16.6 Å². The lowest BCUT2D eigenvalue weighted by molar-refractivity contribution is -0.113. The Morgan fingerprint density at radius 3 is 2.86 bits per heavy atom. The fourth-order valence-electron chi connectivity index (χ4n) is 3.54. The summed E-state index contributed by atoms with van der Waals surface area (Å²) in [5.41, 5.74) is 4.08. The van der Waals surface area contributed by atoms with E-state index in [4.69, 9.17) is 0 Å². The number of carbonyl (C=O) groups excluding carboxylic acids is 1. The van der Waals surface area contributed by atoms with Gasteiger partial charge in [0.2, 0.25) is 5.91 Å². The van der Waals surface area contributed by atoms with Gasteiger partial charge in [-0.25, -0.2) is 4.98 Å². The first-order valence-corrected chi connectivity index (χ1v) is 11.2. The van der Waals surface area contributed by atoms with Crippen molar-refractivity contribution in [1.29, 1.82) is 10.5 Å². The molecule has 3 aromatic rings. The first-order valence-electron chi connectivity index (χ1n) is 9.38. The van der Waals surface area contributed by atoms with E-state index in [0.29, 0.717) is 21.2 Å². The normalized spacial score (nSPS) is 12.8. The summed E-state index contributed by atoms with van der Waals surface area (Å²) in [6.45, 7) is 2.00. The van der Waals surface area contributed by atoms with Gasteiger partial charge in [-0.1, -0.05) is 23.4 Å². The maximum atomic E-state index is 12.5. The minimum Gasteiger partial charge on any atom is -0.316 e. The second-order valence-corrected chi connectivity index (χ2v) is 9.08. The number of aromatic nitrogens is 1. The van der Waals surface area contributed by atoms with Crippen LogP contribution in [0, 0.1) is 29.6 Å². The fourth-order valence-corrected chi connectivity index (χ4v) is 5.56. The summed E-state index contributed by atoms with van der Waals surface area (Å²) in [5, 5.41) is 24.0. The summed E-state index contributed by atoms with van der Waals surface area (Å²) in [4.78, 5) is 18.3. The average Bonchev–Trinajstić information content (AvgIpc) is 3.08. The molecule has 0 aliphatic heterocycles. The third kappa shape index (κ3) is 3.98. The zero-order valence-corrected chi connectivity index (χ0v) is 17.5. The van der Waals surface area contributed by atoms with Crippen LogP contribution in [0.1, 0.15) is 40.0 Å². The van der Waals surface area contributed by atoms with Crippen LogP contribution in [0.15, 0.2) is 29.3 Å².